The van der Waals surface area contributed by atoms with Crippen LogP contribution in [-0.2, 0) is 36.7 Å². The fraction of sp³-hybridized carbons (Fsp3) is 0.484. The van der Waals surface area contributed by atoms with Crippen LogP contribution in [0.25, 0.3) is 0 Å². The van der Waals surface area contributed by atoms with Crippen LogP contribution in [0.2, 0.25) is 0 Å². The summed E-state index contributed by atoms with van der Waals surface area (Å²) in [6.45, 7) is 8.28. The number of aryl methyl sites for hydroxylation is 1. The van der Waals surface area contributed by atoms with Crippen molar-refractivity contribution >= 4 is 23.9 Å². The average molecular weight is 586 g/mol. The summed E-state index contributed by atoms with van der Waals surface area (Å²) in [4.78, 5) is 53.6. The van der Waals surface area contributed by atoms with Crippen molar-refractivity contribution in [3.05, 3.63) is 65.2 Å². The van der Waals surface area contributed by atoms with Crippen LogP contribution in [0, 0.1) is 0 Å². The second-order valence-electron chi connectivity index (χ2n) is 10.7. The maximum absolute atomic E-state index is 14.2. The largest absolute Gasteiger partial charge is 0.508 e. The molecule has 0 spiro atoms. The predicted octanol–water partition coefficient (Wildman–Crippen LogP) is 3.02. The van der Waals surface area contributed by atoms with Gasteiger partial charge in [-0.15, -0.1) is 0 Å². The second kappa shape index (κ2) is 16.4. The van der Waals surface area contributed by atoms with Crippen molar-refractivity contribution in [2.75, 3.05) is 26.3 Å². The quantitative estimate of drug-likeness (QED) is 0.247. The number of rotatable bonds is 14. The minimum Gasteiger partial charge on any atom is -0.508 e. The van der Waals surface area contributed by atoms with E-state index in [1.54, 1.807) is 52.0 Å². The third-order valence-corrected chi connectivity index (χ3v) is 6.19. The third kappa shape index (κ3) is 11.0. The highest BCUT2D eigenvalue weighted by Gasteiger charge is 2.36. The first-order chi connectivity index (χ1) is 19.9. The van der Waals surface area contributed by atoms with Crippen molar-refractivity contribution in [1.82, 2.24) is 15.5 Å². The molecule has 11 heteroatoms. The molecule has 0 heterocycles. The number of hydrogen-bond acceptors (Lipinski definition) is 8. The lowest BCUT2D eigenvalue weighted by Gasteiger charge is -2.34. The van der Waals surface area contributed by atoms with Crippen molar-refractivity contribution in [3.8, 4) is 5.75 Å². The predicted molar refractivity (Wildman–Crippen MR) is 157 cm³/mol. The number of nitrogens with zero attached hydrogens (tertiary/aromatic N) is 1. The number of benzene rings is 2. The van der Waals surface area contributed by atoms with Gasteiger partial charge in [0, 0.05) is 19.5 Å². The topological polar surface area (TPSA) is 154 Å². The summed E-state index contributed by atoms with van der Waals surface area (Å²) in [7, 11) is 0. The van der Waals surface area contributed by atoms with Crippen LogP contribution in [-0.4, -0.2) is 76.9 Å². The summed E-state index contributed by atoms with van der Waals surface area (Å²) in [6, 6.07) is 11.0. The Morgan fingerprint density at radius 2 is 1.57 bits per heavy atom. The zero-order valence-corrected chi connectivity index (χ0v) is 25.0. The van der Waals surface area contributed by atoms with Gasteiger partial charge in [-0.05, 0) is 62.9 Å². The Kier molecular flexibility index (Phi) is 13.3. The van der Waals surface area contributed by atoms with Gasteiger partial charge in [0.15, 0.2) is 0 Å². The Labute approximate surface area is 247 Å². The number of amides is 3. The summed E-state index contributed by atoms with van der Waals surface area (Å²) < 4.78 is 10.3. The van der Waals surface area contributed by atoms with E-state index in [1.807, 2.05) is 19.1 Å². The smallest absolute Gasteiger partial charge is 0.408 e. The van der Waals surface area contributed by atoms with Crippen LogP contribution in [0.15, 0.2) is 48.5 Å². The van der Waals surface area contributed by atoms with Gasteiger partial charge in [-0.1, -0.05) is 43.3 Å². The molecular weight excluding hydrogens is 542 g/mol. The lowest BCUT2D eigenvalue weighted by molar-refractivity contribution is -0.144. The molecule has 0 aliphatic rings. The van der Waals surface area contributed by atoms with Crippen LogP contribution >= 0.6 is 0 Å². The van der Waals surface area contributed by atoms with Crippen molar-refractivity contribution in [2.45, 2.75) is 71.6 Å². The molecular formula is C31H43N3O8. The number of carbonyl (C=O) groups excluding carboxylic acids is 4. The normalized spacial score (nSPS) is 12.5. The van der Waals surface area contributed by atoms with E-state index in [4.69, 9.17) is 9.47 Å². The van der Waals surface area contributed by atoms with Crippen LogP contribution in [0.3, 0.4) is 0 Å². The molecule has 0 saturated heterocycles. The number of aromatic hydroxyl groups is 1. The summed E-state index contributed by atoms with van der Waals surface area (Å²) >= 11 is 0. The molecule has 2 aromatic rings. The summed E-state index contributed by atoms with van der Waals surface area (Å²) in [5, 5.41) is 25.0. The Bertz CT molecular complexity index is 1180. The first-order valence-electron chi connectivity index (χ1n) is 14.1. The first-order valence-corrected chi connectivity index (χ1v) is 14.1. The van der Waals surface area contributed by atoms with Gasteiger partial charge in [0.1, 0.15) is 23.4 Å². The van der Waals surface area contributed by atoms with Crippen LogP contribution in [0.4, 0.5) is 4.79 Å². The van der Waals surface area contributed by atoms with Gasteiger partial charge in [0.25, 0.3) is 0 Å². The van der Waals surface area contributed by atoms with Crippen molar-refractivity contribution in [2.24, 2.45) is 0 Å². The molecule has 4 N–H and O–H groups in total. The van der Waals surface area contributed by atoms with Crippen molar-refractivity contribution in [1.29, 1.82) is 0 Å². The fourth-order valence-electron chi connectivity index (χ4n) is 4.22. The van der Waals surface area contributed by atoms with E-state index in [0.717, 1.165) is 12.0 Å². The molecule has 0 saturated carbocycles. The number of aliphatic hydroxyl groups is 1. The molecule has 11 nitrogen and oxygen atoms in total. The highest BCUT2D eigenvalue weighted by molar-refractivity contribution is 5.92. The molecule has 2 aromatic carbocycles. The monoisotopic (exact) mass is 585 g/mol. The van der Waals surface area contributed by atoms with Gasteiger partial charge >= 0.3 is 12.1 Å². The van der Waals surface area contributed by atoms with E-state index in [2.05, 4.69) is 10.6 Å². The number of esters is 1. The van der Waals surface area contributed by atoms with Gasteiger partial charge in [-0.2, -0.15) is 0 Å². The van der Waals surface area contributed by atoms with Crippen LogP contribution in [0.5, 0.6) is 5.75 Å². The third-order valence-electron chi connectivity index (χ3n) is 6.19. The standard InChI is InChI=1S/C31H43N3O8/c1-6-21-8-12-23(13-9-21)27(28(38)32-17-16-26(37)41-7-2)34(18-19-35)29(39)25(33-30(40)42-31(3,4)5)20-22-10-14-24(36)15-11-22/h8-15,25,27,35-36H,6-7,16-20H2,1-5H3,(H,32,38)(H,33,40). The Balaban J connectivity index is 2.47. The zero-order chi connectivity index (χ0) is 31.3. The molecule has 42 heavy (non-hydrogen) atoms. The number of hydrogen-bond donors (Lipinski definition) is 4. The minimum absolute atomic E-state index is 0.0184. The van der Waals surface area contributed by atoms with E-state index < -0.39 is 48.2 Å². The van der Waals surface area contributed by atoms with E-state index in [-0.39, 0.29) is 38.3 Å². The summed E-state index contributed by atoms with van der Waals surface area (Å²) in [5.41, 5.74) is 1.32. The van der Waals surface area contributed by atoms with E-state index in [0.29, 0.717) is 11.1 Å². The maximum atomic E-state index is 14.2. The summed E-state index contributed by atoms with van der Waals surface area (Å²) in [5.74, 6) is -1.63. The van der Waals surface area contributed by atoms with Gasteiger partial charge in [-0.25, -0.2) is 4.79 Å². The van der Waals surface area contributed by atoms with Gasteiger partial charge < -0.3 is 35.2 Å². The van der Waals surface area contributed by atoms with Crippen LogP contribution in [0.1, 0.15) is 63.8 Å². The van der Waals surface area contributed by atoms with Gasteiger partial charge in [-0.3, -0.25) is 14.4 Å². The molecule has 0 bridgehead atoms. The SMILES string of the molecule is CCOC(=O)CCNC(=O)C(c1ccc(CC)cc1)N(CCO)C(=O)C(Cc1ccc(O)cc1)NC(=O)OC(C)(C)C. The van der Waals surface area contributed by atoms with Crippen LogP contribution < -0.4 is 10.6 Å². The number of nitrogens with one attached hydrogen (secondary N) is 2. The maximum Gasteiger partial charge on any atom is 0.408 e. The number of phenols is 1. The number of aliphatic hydroxyl groups excluding tert-OH is 1. The fourth-order valence-corrected chi connectivity index (χ4v) is 4.22. The number of carbonyl (C=O) groups is 4. The molecule has 0 aliphatic carbocycles. The Hall–Kier alpha value is -4.12. The van der Waals surface area contributed by atoms with E-state index >= 15 is 0 Å². The lowest BCUT2D eigenvalue weighted by Crippen LogP contribution is -2.54. The summed E-state index contributed by atoms with van der Waals surface area (Å²) in [6.07, 6.45) is -0.0959. The lowest BCUT2D eigenvalue weighted by atomic mass is 9.99. The Morgan fingerprint density at radius 3 is 2.12 bits per heavy atom. The molecule has 2 atom stereocenters. The Morgan fingerprint density at radius 1 is 0.952 bits per heavy atom. The highest BCUT2D eigenvalue weighted by Crippen LogP contribution is 2.24. The average Bonchev–Trinajstić information content (AvgIpc) is 2.92. The number of phenolic OH excluding ortho intramolecular Hbond substituents is 1. The molecule has 2 unspecified atom stereocenters. The zero-order valence-electron chi connectivity index (χ0n) is 25.0. The molecule has 3 amide bonds. The molecule has 0 radical (unpaired) electrons. The molecule has 0 aliphatic heterocycles. The van der Waals surface area contributed by atoms with Gasteiger partial charge in [0.2, 0.25) is 11.8 Å². The molecule has 2 rings (SSSR count). The number of alkyl carbamates (subject to hydrolysis) is 1. The van der Waals surface area contributed by atoms with E-state index in [1.165, 1.54) is 17.0 Å². The van der Waals surface area contributed by atoms with E-state index in [9.17, 15) is 29.4 Å². The first kappa shape index (κ1) is 34.1. The van der Waals surface area contributed by atoms with Crippen molar-refractivity contribution < 1.29 is 38.9 Å². The molecule has 0 fully saturated rings. The van der Waals surface area contributed by atoms with Gasteiger partial charge in [0.05, 0.1) is 19.6 Å². The molecule has 230 valence electrons. The molecule has 0 aromatic heterocycles. The number of ether oxygens (including phenoxy) is 2. The second-order valence-corrected chi connectivity index (χ2v) is 10.7. The highest BCUT2D eigenvalue weighted by atomic mass is 16.6. The van der Waals surface area contributed by atoms with Crippen molar-refractivity contribution in [3.63, 3.8) is 0 Å². The minimum atomic E-state index is -1.18.